The first-order chi connectivity index (χ1) is 18.0. The first kappa shape index (κ1) is 23.0. The molecule has 2 aliphatic heterocycles. The average Bonchev–Trinajstić information content (AvgIpc) is 3.40. The number of carbonyl (C=O) groups is 3. The number of rotatable bonds is 6. The summed E-state index contributed by atoms with van der Waals surface area (Å²) >= 11 is 0. The van der Waals surface area contributed by atoms with E-state index in [4.69, 9.17) is 0 Å². The van der Waals surface area contributed by atoms with Gasteiger partial charge >= 0.3 is 6.03 Å². The predicted molar refractivity (Wildman–Crippen MR) is 142 cm³/mol. The van der Waals surface area contributed by atoms with Gasteiger partial charge in [-0.3, -0.25) is 9.59 Å². The molecule has 7 heteroatoms. The first-order valence-electron chi connectivity index (χ1n) is 12.7. The zero-order valence-corrected chi connectivity index (χ0v) is 20.7. The van der Waals surface area contributed by atoms with Gasteiger partial charge in [-0.15, -0.1) is 0 Å². The molecule has 3 heterocycles. The second kappa shape index (κ2) is 8.92. The standard InChI is InChI=1S/C30H28N4O3/c1-30-26-22(21-13-5-7-15-24(21)32-26)17-19-33(30)29(37)34(28(30)36)25-16-8-6-14-23(25)27(35)31-18-9-12-20-10-3-2-4-11-20/h2-8,10-11,13-16,32H,9,12,17-19H2,1H3,(H,31,35). The number of carbonyl (C=O) groups excluding carboxylic acids is 3. The molecule has 1 unspecified atom stereocenters. The number of imide groups is 1. The van der Waals surface area contributed by atoms with Crippen molar-refractivity contribution in [2.24, 2.45) is 0 Å². The van der Waals surface area contributed by atoms with E-state index in [1.54, 1.807) is 36.1 Å². The third-order valence-electron chi connectivity index (χ3n) is 7.63. The van der Waals surface area contributed by atoms with E-state index in [1.807, 2.05) is 42.5 Å². The molecule has 1 saturated heterocycles. The molecule has 3 aromatic carbocycles. The lowest BCUT2D eigenvalue weighted by Gasteiger charge is -2.35. The first-order valence-corrected chi connectivity index (χ1v) is 12.7. The van der Waals surface area contributed by atoms with E-state index in [0.29, 0.717) is 30.8 Å². The van der Waals surface area contributed by atoms with E-state index < -0.39 is 11.6 Å². The number of hydrogen-bond acceptors (Lipinski definition) is 3. The topological polar surface area (TPSA) is 85.5 Å². The third kappa shape index (κ3) is 3.61. The van der Waals surface area contributed by atoms with Gasteiger partial charge in [0.05, 0.1) is 16.9 Å². The van der Waals surface area contributed by atoms with Crippen molar-refractivity contribution in [1.82, 2.24) is 15.2 Å². The van der Waals surface area contributed by atoms with Crippen LogP contribution in [-0.4, -0.2) is 40.8 Å². The monoisotopic (exact) mass is 492 g/mol. The Bertz CT molecular complexity index is 1530. The summed E-state index contributed by atoms with van der Waals surface area (Å²) in [7, 11) is 0. The quantitative estimate of drug-likeness (QED) is 0.300. The number of nitrogens with zero attached hydrogens (tertiary/aromatic N) is 2. The van der Waals surface area contributed by atoms with Crippen molar-refractivity contribution in [3.63, 3.8) is 0 Å². The molecule has 0 bridgehead atoms. The number of aromatic amines is 1. The highest BCUT2D eigenvalue weighted by Crippen LogP contribution is 2.45. The lowest BCUT2D eigenvalue weighted by Crippen LogP contribution is -2.49. The van der Waals surface area contributed by atoms with Crippen LogP contribution in [0.4, 0.5) is 10.5 Å². The molecule has 0 radical (unpaired) electrons. The largest absolute Gasteiger partial charge is 0.356 e. The Morgan fingerprint density at radius 3 is 2.54 bits per heavy atom. The molecule has 2 N–H and O–H groups in total. The molecule has 1 aromatic heterocycles. The fourth-order valence-corrected chi connectivity index (χ4v) is 5.70. The summed E-state index contributed by atoms with van der Waals surface area (Å²) in [5, 5.41) is 4.04. The van der Waals surface area contributed by atoms with Gasteiger partial charge in [-0.2, -0.15) is 0 Å². The molecular formula is C30H28N4O3. The Kier molecular flexibility index (Phi) is 5.56. The number of urea groups is 1. The second-order valence-electron chi connectivity index (χ2n) is 9.78. The fraction of sp³-hybridized carbons (Fsp3) is 0.233. The maximum atomic E-state index is 14.0. The Labute approximate surface area is 215 Å². The molecule has 1 fully saturated rings. The van der Waals surface area contributed by atoms with Crippen LogP contribution in [0.5, 0.6) is 0 Å². The molecule has 0 spiro atoms. The number of benzene rings is 3. The van der Waals surface area contributed by atoms with Crippen LogP contribution in [0.15, 0.2) is 78.9 Å². The molecule has 4 amide bonds. The van der Waals surface area contributed by atoms with Gasteiger partial charge in [0.1, 0.15) is 0 Å². The number of H-pyrrole nitrogens is 1. The summed E-state index contributed by atoms with van der Waals surface area (Å²) in [6.45, 7) is 2.72. The van der Waals surface area contributed by atoms with E-state index in [-0.39, 0.29) is 11.8 Å². The smallest absolute Gasteiger partial charge is 0.332 e. The van der Waals surface area contributed by atoms with E-state index in [1.165, 1.54) is 10.5 Å². The number of anilines is 1. The number of nitrogens with one attached hydrogen (secondary N) is 2. The second-order valence-corrected chi connectivity index (χ2v) is 9.78. The SMILES string of the molecule is CC12C(=O)N(c3ccccc3C(=O)NCCCc3ccccc3)C(=O)N1CCc1c2[nH]c2ccccc12. The van der Waals surface area contributed by atoms with Crippen molar-refractivity contribution in [2.75, 3.05) is 18.0 Å². The molecule has 0 aliphatic carbocycles. The van der Waals surface area contributed by atoms with Gasteiger partial charge in [-0.05, 0) is 55.5 Å². The Balaban J connectivity index is 1.27. The van der Waals surface area contributed by atoms with Crippen molar-refractivity contribution in [2.45, 2.75) is 31.7 Å². The minimum absolute atomic E-state index is 0.300. The van der Waals surface area contributed by atoms with Gasteiger partial charge in [0.2, 0.25) is 0 Å². The maximum absolute atomic E-state index is 14.0. The summed E-state index contributed by atoms with van der Waals surface area (Å²) in [6, 6.07) is 24.5. The molecule has 37 heavy (non-hydrogen) atoms. The van der Waals surface area contributed by atoms with Crippen LogP contribution in [0.25, 0.3) is 10.9 Å². The average molecular weight is 493 g/mol. The molecule has 2 aliphatic rings. The Hall–Kier alpha value is -4.39. The minimum atomic E-state index is -1.16. The summed E-state index contributed by atoms with van der Waals surface area (Å²) in [6.07, 6.45) is 2.30. The number of aryl methyl sites for hydroxylation is 1. The number of hydrogen-bond donors (Lipinski definition) is 2. The van der Waals surface area contributed by atoms with Crippen LogP contribution in [0.2, 0.25) is 0 Å². The van der Waals surface area contributed by atoms with Crippen LogP contribution in [-0.2, 0) is 23.2 Å². The van der Waals surface area contributed by atoms with E-state index in [9.17, 15) is 14.4 Å². The summed E-state index contributed by atoms with van der Waals surface area (Å²) in [5.74, 6) is -0.653. The normalized spacial score (nSPS) is 18.7. The van der Waals surface area contributed by atoms with Crippen LogP contribution in [0, 0.1) is 0 Å². The maximum Gasteiger partial charge on any atom is 0.332 e. The third-order valence-corrected chi connectivity index (χ3v) is 7.63. The molecule has 0 saturated carbocycles. The van der Waals surface area contributed by atoms with Gasteiger partial charge < -0.3 is 15.2 Å². The van der Waals surface area contributed by atoms with Gasteiger partial charge in [-0.1, -0.05) is 60.7 Å². The molecule has 186 valence electrons. The summed E-state index contributed by atoms with van der Waals surface area (Å²) in [5.41, 5.74) is 3.44. The molecule has 7 nitrogen and oxygen atoms in total. The van der Waals surface area contributed by atoms with Crippen molar-refractivity contribution < 1.29 is 14.4 Å². The molecule has 6 rings (SSSR count). The van der Waals surface area contributed by atoms with Crippen molar-refractivity contribution in [1.29, 1.82) is 0 Å². The lowest BCUT2D eigenvalue weighted by molar-refractivity contribution is -0.125. The highest BCUT2D eigenvalue weighted by atomic mass is 16.2. The fourth-order valence-electron chi connectivity index (χ4n) is 5.70. The van der Waals surface area contributed by atoms with Crippen LogP contribution in [0.3, 0.4) is 0 Å². The number of fused-ring (bicyclic) bond motifs is 5. The van der Waals surface area contributed by atoms with Crippen molar-refractivity contribution >= 4 is 34.4 Å². The predicted octanol–water partition coefficient (Wildman–Crippen LogP) is 4.77. The Morgan fingerprint density at radius 1 is 0.973 bits per heavy atom. The van der Waals surface area contributed by atoms with Crippen LogP contribution >= 0.6 is 0 Å². The summed E-state index contributed by atoms with van der Waals surface area (Å²) in [4.78, 5) is 47.1. The minimum Gasteiger partial charge on any atom is -0.356 e. The number of amides is 4. The summed E-state index contributed by atoms with van der Waals surface area (Å²) < 4.78 is 0. The van der Waals surface area contributed by atoms with Crippen LogP contribution < -0.4 is 10.2 Å². The molecule has 1 atom stereocenters. The van der Waals surface area contributed by atoms with Gasteiger partial charge in [-0.25, -0.2) is 9.69 Å². The van der Waals surface area contributed by atoms with Gasteiger partial charge in [0.15, 0.2) is 5.54 Å². The van der Waals surface area contributed by atoms with Gasteiger partial charge in [0.25, 0.3) is 11.8 Å². The highest BCUT2D eigenvalue weighted by molar-refractivity contribution is 6.25. The Morgan fingerprint density at radius 2 is 1.70 bits per heavy atom. The molecular weight excluding hydrogens is 464 g/mol. The van der Waals surface area contributed by atoms with E-state index in [0.717, 1.165) is 35.0 Å². The van der Waals surface area contributed by atoms with Crippen molar-refractivity contribution in [3.05, 3.63) is 101 Å². The van der Waals surface area contributed by atoms with E-state index >= 15 is 0 Å². The number of aromatic nitrogens is 1. The van der Waals surface area contributed by atoms with Gasteiger partial charge in [0, 0.05) is 24.0 Å². The van der Waals surface area contributed by atoms with E-state index in [2.05, 4.69) is 22.4 Å². The highest BCUT2D eigenvalue weighted by Gasteiger charge is 2.59. The number of para-hydroxylation sites is 2. The zero-order chi connectivity index (χ0) is 25.6. The van der Waals surface area contributed by atoms with Crippen LogP contribution in [0.1, 0.15) is 40.5 Å². The van der Waals surface area contributed by atoms with Crippen molar-refractivity contribution in [3.8, 4) is 0 Å². The molecule has 4 aromatic rings. The lowest BCUT2D eigenvalue weighted by atomic mass is 9.87. The zero-order valence-electron chi connectivity index (χ0n) is 20.7.